The van der Waals surface area contributed by atoms with Gasteiger partial charge in [0.15, 0.2) is 0 Å². The van der Waals surface area contributed by atoms with Gasteiger partial charge in [-0.3, -0.25) is 4.79 Å². The van der Waals surface area contributed by atoms with Crippen molar-refractivity contribution >= 4 is 11.7 Å². The Labute approximate surface area is 132 Å². The molecule has 0 bridgehead atoms. The van der Waals surface area contributed by atoms with Gasteiger partial charge in [-0.25, -0.2) is 4.98 Å². The fraction of sp³-hybridized carbons (Fsp3) is 0.625. The highest BCUT2D eigenvalue weighted by molar-refractivity contribution is 5.98. The molecule has 6 heteroatoms. The van der Waals surface area contributed by atoms with Crippen molar-refractivity contribution in [1.29, 1.82) is 0 Å². The van der Waals surface area contributed by atoms with E-state index in [0.29, 0.717) is 25.3 Å². The van der Waals surface area contributed by atoms with Crippen molar-refractivity contribution in [2.75, 3.05) is 57.4 Å². The second-order valence-corrected chi connectivity index (χ2v) is 5.26. The lowest BCUT2D eigenvalue weighted by Crippen LogP contribution is -2.39. The minimum atomic E-state index is -0.0539. The third-order valence-corrected chi connectivity index (χ3v) is 3.95. The van der Waals surface area contributed by atoms with Gasteiger partial charge < -0.3 is 19.9 Å². The summed E-state index contributed by atoms with van der Waals surface area (Å²) >= 11 is 0. The van der Waals surface area contributed by atoms with Gasteiger partial charge in [0.2, 0.25) is 0 Å². The summed E-state index contributed by atoms with van der Waals surface area (Å²) < 4.78 is 5.36. The summed E-state index contributed by atoms with van der Waals surface area (Å²) in [7, 11) is 0. The number of ether oxygens (including phenoxy) is 1. The second kappa shape index (κ2) is 8.70. The molecule has 0 aromatic carbocycles. The number of nitrogens with zero attached hydrogens (tertiary/aromatic N) is 3. The highest BCUT2D eigenvalue weighted by atomic mass is 16.5. The number of carbonyl (C=O) groups excluding carboxylic acids is 1. The Morgan fingerprint density at radius 1 is 1.36 bits per heavy atom. The maximum absolute atomic E-state index is 12.4. The summed E-state index contributed by atoms with van der Waals surface area (Å²) in [6.07, 6.45) is 1.73. The van der Waals surface area contributed by atoms with E-state index >= 15 is 0 Å². The molecule has 0 saturated carbocycles. The first-order chi connectivity index (χ1) is 10.8. The van der Waals surface area contributed by atoms with Crippen LogP contribution in [-0.4, -0.2) is 68.3 Å². The Kier molecular flexibility index (Phi) is 6.61. The SMILES string of the molecule is CCN(CC)CCNC(=O)c1cccnc1N1CCOCC1. The first kappa shape index (κ1) is 16.7. The number of anilines is 1. The quantitative estimate of drug-likeness (QED) is 0.814. The van der Waals surface area contributed by atoms with Crippen LogP contribution in [0.25, 0.3) is 0 Å². The molecule has 0 unspecified atom stereocenters. The van der Waals surface area contributed by atoms with E-state index < -0.39 is 0 Å². The van der Waals surface area contributed by atoms with Crippen molar-refractivity contribution in [2.45, 2.75) is 13.8 Å². The van der Waals surface area contributed by atoms with Crippen LogP contribution in [0.3, 0.4) is 0 Å². The van der Waals surface area contributed by atoms with Crippen molar-refractivity contribution in [3.05, 3.63) is 23.9 Å². The van der Waals surface area contributed by atoms with Crippen LogP contribution in [-0.2, 0) is 4.74 Å². The monoisotopic (exact) mass is 306 g/mol. The van der Waals surface area contributed by atoms with Crippen LogP contribution in [0.2, 0.25) is 0 Å². The largest absolute Gasteiger partial charge is 0.378 e. The smallest absolute Gasteiger partial charge is 0.255 e. The molecule has 1 N–H and O–H groups in total. The average molecular weight is 306 g/mol. The Balaban J connectivity index is 1.97. The molecule has 6 nitrogen and oxygen atoms in total. The number of hydrogen-bond acceptors (Lipinski definition) is 5. The molecule has 1 saturated heterocycles. The van der Waals surface area contributed by atoms with E-state index in [-0.39, 0.29) is 5.91 Å². The predicted octanol–water partition coefficient (Wildman–Crippen LogP) is 0.990. The zero-order valence-corrected chi connectivity index (χ0v) is 13.5. The molecule has 1 aliphatic heterocycles. The molecule has 2 rings (SSSR count). The minimum Gasteiger partial charge on any atom is -0.378 e. The summed E-state index contributed by atoms with van der Waals surface area (Å²) in [5.74, 6) is 0.702. The van der Waals surface area contributed by atoms with Crippen LogP contribution in [0.4, 0.5) is 5.82 Å². The first-order valence-corrected chi connectivity index (χ1v) is 8.04. The summed E-state index contributed by atoms with van der Waals surface area (Å²) in [4.78, 5) is 21.2. The van der Waals surface area contributed by atoms with Crippen LogP contribution in [0.5, 0.6) is 0 Å². The van der Waals surface area contributed by atoms with Gasteiger partial charge in [0, 0.05) is 32.4 Å². The normalized spacial score (nSPS) is 15.1. The van der Waals surface area contributed by atoms with Gasteiger partial charge in [-0.05, 0) is 25.2 Å². The molecule has 1 aromatic heterocycles. The Morgan fingerprint density at radius 3 is 2.77 bits per heavy atom. The van der Waals surface area contributed by atoms with Crippen LogP contribution >= 0.6 is 0 Å². The number of amides is 1. The summed E-state index contributed by atoms with van der Waals surface area (Å²) in [6.45, 7) is 10.7. The number of nitrogens with one attached hydrogen (secondary N) is 1. The van der Waals surface area contributed by atoms with Crippen LogP contribution < -0.4 is 10.2 Å². The Bertz CT molecular complexity index is 471. The van der Waals surface area contributed by atoms with E-state index in [1.54, 1.807) is 6.20 Å². The lowest BCUT2D eigenvalue weighted by atomic mass is 10.2. The van der Waals surface area contributed by atoms with Crippen LogP contribution in [0, 0.1) is 0 Å². The third-order valence-electron chi connectivity index (χ3n) is 3.95. The molecule has 2 heterocycles. The maximum Gasteiger partial charge on any atom is 0.255 e. The highest BCUT2D eigenvalue weighted by Gasteiger charge is 2.19. The van der Waals surface area contributed by atoms with Gasteiger partial charge in [0.25, 0.3) is 5.91 Å². The number of carbonyl (C=O) groups is 1. The van der Waals surface area contributed by atoms with Gasteiger partial charge in [0.1, 0.15) is 5.82 Å². The molecule has 1 amide bonds. The lowest BCUT2D eigenvalue weighted by molar-refractivity contribution is 0.0947. The molecule has 0 spiro atoms. The number of likely N-dealkylation sites (N-methyl/N-ethyl adjacent to an activating group) is 1. The van der Waals surface area contributed by atoms with Crippen molar-refractivity contribution in [3.63, 3.8) is 0 Å². The van der Waals surface area contributed by atoms with E-state index in [1.165, 1.54) is 0 Å². The molecule has 1 fully saturated rings. The maximum atomic E-state index is 12.4. The van der Waals surface area contributed by atoms with Crippen LogP contribution in [0.15, 0.2) is 18.3 Å². The Hall–Kier alpha value is -1.66. The van der Waals surface area contributed by atoms with E-state index in [4.69, 9.17) is 4.74 Å². The predicted molar refractivity (Wildman–Crippen MR) is 87.4 cm³/mol. The number of pyridine rings is 1. The fourth-order valence-corrected chi connectivity index (χ4v) is 2.56. The fourth-order valence-electron chi connectivity index (χ4n) is 2.56. The molecule has 0 aliphatic carbocycles. The summed E-state index contributed by atoms with van der Waals surface area (Å²) in [5, 5.41) is 3.00. The molecular weight excluding hydrogens is 280 g/mol. The van der Waals surface area contributed by atoms with Crippen molar-refractivity contribution in [1.82, 2.24) is 15.2 Å². The van der Waals surface area contributed by atoms with Gasteiger partial charge in [-0.15, -0.1) is 0 Å². The van der Waals surface area contributed by atoms with Gasteiger partial charge in [0.05, 0.1) is 18.8 Å². The Morgan fingerprint density at radius 2 is 2.09 bits per heavy atom. The third kappa shape index (κ3) is 4.42. The minimum absolute atomic E-state index is 0.0539. The molecule has 1 aliphatic rings. The summed E-state index contributed by atoms with van der Waals surface area (Å²) in [5.41, 5.74) is 0.643. The van der Waals surface area contributed by atoms with E-state index in [1.807, 2.05) is 12.1 Å². The molecule has 0 atom stereocenters. The van der Waals surface area contributed by atoms with E-state index in [9.17, 15) is 4.79 Å². The second-order valence-electron chi connectivity index (χ2n) is 5.26. The van der Waals surface area contributed by atoms with Gasteiger partial charge in [-0.1, -0.05) is 13.8 Å². The van der Waals surface area contributed by atoms with Gasteiger partial charge in [-0.2, -0.15) is 0 Å². The zero-order chi connectivity index (χ0) is 15.8. The van der Waals surface area contributed by atoms with E-state index in [0.717, 1.165) is 38.5 Å². The van der Waals surface area contributed by atoms with Crippen LogP contribution in [0.1, 0.15) is 24.2 Å². The average Bonchev–Trinajstić information content (AvgIpc) is 2.59. The van der Waals surface area contributed by atoms with Crippen molar-refractivity contribution in [3.8, 4) is 0 Å². The standard InChI is InChI=1S/C16H26N4O2/c1-3-19(4-2)9-8-18-16(21)14-6-5-7-17-15(14)20-10-12-22-13-11-20/h5-7H,3-4,8-13H2,1-2H3,(H,18,21). The number of aromatic nitrogens is 1. The number of hydrogen-bond donors (Lipinski definition) is 1. The molecule has 22 heavy (non-hydrogen) atoms. The van der Waals surface area contributed by atoms with Crippen molar-refractivity contribution in [2.24, 2.45) is 0 Å². The lowest BCUT2D eigenvalue weighted by Gasteiger charge is -2.29. The molecular formula is C16H26N4O2. The van der Waals surface area contributed by atoms with E-state index in [2.05, 4.69) is 33.9 Å². The number of rotatable bonds is 7. The topological polar surface area (TPSA) is 57.7 Å². The van der Waals surface area contributed by atoms with Gasteiger partial charge >= 0.3 is 0 Å². The van der Waals surface area contributed by atoms with Crippen molar-refractivity contribution < 1.29 is 9.53 Å². The molecule has 122 valence electrons. The molecule has 1 aromatic rings. The zero-order valence-electron chi connectivity index (χ0n) is 13.5. The molecule has 0 radical (unpaired) electrons. The summed E-state index contributed by atoms with van der Waals surface area (Å²) in [6, 6.07) is 3.65. The highest BCUT2D eigenvalue weighted by Crippen LogP contribution is 2.18. The number of morpholine rings is 1. The first-order valence-electron chi connectivity index (χ1n) is 8.04.